The SMILES string of the molecule is CCCCCCCC/C=C\CCCCCCCCCCCCO. The van der Waals surface area contributed by atoms with Crippen LogP contribution in [-0.4, -0.2) is 11.7 Å². The number of hydrogen-bond donors (Lipinski definition) is 1. The summed E-state index contributed by atoms with van der Waals surface area (Å²) < 4.78 is 0. The lowest BCUT2D eigenvalue weighted by atomic mass is 10.1. The van der Waals surface area contributed by atoms with Crippen LogP contribution in [0.5, 0.6) is 0 Å². The van der Waals surface area contributed by atoms with Crippen LogP contribution < -0.4 is 0 Å². The van der Waals surface area contributed by atoms with Crippen molar-refractivity contribution >= 4 is 0 Å². The fraction of sp³-hybridized carbons (Fsp3) is 0.909. The highest BCUT2D eigenvalue weighted by atomic mass is 16.2. The first-order valence-corrected chi connectivity index (χ1v) is 10.7. The molecule has 0 heterocycles. The van der Waals surface area contributed by atoms with Gasteiger partial charge in [-0.2, -0.15) is 0 Å². The van der Waals surface area contributed by atoms with E-state index in [2.05, 4.69) is 19.1 Å². The summed E-state index contributed by atoms with van der Waals surface area (Å²) in [4.78, 5) is 0. The van der Waals surface area contributed by atoms with Crippen LogP contribution in [0.15, 0.2) is 12.2 Å². The zero-order valence-corrected chi connectivity index (χ0v) is 16.0. The van der Waals surface area contributed by atoms with Crippen LogP contribution >= 0.6 is 0 Å². The van der Waals surface area contributed by atoms with Gasteiger partial charge in [-0.3, -0.25) is 0 Å². The second kappa shape index (κ2) is 21.7. The average molecular weight is 325 g/mol. The van der Waals surface area contributed by atoms with Crippen LogP contribution in [0.3, 0.4) is 0 Å². The molecule has 0 bridgehead atoms. The fourth-order valence-corrected chi connectivity index (χ4v) is 3.07. The molecule has 0 saturated carbocycles. The van der Waals surface area contributed by atoms with E-state index in [-0.39, 0.29) is 0 Å². The molecule has 23 heavy (non-hydrogen) atoms. The van der Waals surface area contributed by atoms with E-state index in [0.29, 0.717) is 6.61 Å². The average Bonchev–Trinajstić information content (AvgIpc) is 2.57. The first-order valence-electron chi connectivity index (χ1n) is 10.7. The Morgan fingerprint density at radius 2 is 0.826 bits per heavy atom. The summed E-state index contributed by atoms with van der Waals surface area (Å²) in [6.07, 6.45) is 29.1. The molecule has 1 nitrogen and oxygen atoms in total. The molecule has 0 radical (unpaired) electrons. The molecule has 0 aromatic rings. The predicted molar refractivity (Wildman–Crippen MR) is 105 cm³/mol. The van der Waals surface area contributed by atoms with Gasteiger partial charge in [-0.25, -0.2) is 0 Å². The topological polar surface area (TPSA) is 20.2 Å². The summed E-state index contributed by atoms with van der Waals surface area (Å²) in [5, 5.41) is 8.71. The first-order chi connectivity index (χ1) is 11.4. The lowest BCUT2D eigenvalue weighted by Crippen LogP contribution is -1.84. The van der Waals surface area contributed by atoms with Crippen LogP contribution in [0.4, 0.5) is 0 Å². The van der Waals surface area contributed by atoms with E-state index in [1.165, 1.54) is 109 Å². The Kier molecular flexibility index (Phi) is 21.4. The quantitative estimate of drug-likeness (QED) is 0.192. The Morgan fingerprint density at radius 1 is 0.478 bits per heavy atom. The number of aliphatic hydroxyl groups excluding tert-OH is 1. The zero-order valence-electron chi connectivity index (χ0n) is 16.0. The fourth-order valence-electron chi connectivity index (χ4n) is 3.07. The first kappa shape index (κ1) is 22.7. The Morgan fingerprint density at radius 3 is 1.22 bits per heavy atom. The van der Waals surface area contributed by atoms with Crippen molar-refractivity contribution in [3.05, 3.63) is 12.2 Å². The standard InChI is InChI=1S/C22H44O/c1-2-3-4-5-6-7-8-9-10-11-12-13-14-15-16-17-18-19-20-21-22-23/h9-10,23H,2-8,11-22H2,1H3/b10-9-. The van der Waals surface area contributed by atoms with Gasteiger partial charge in [0.1, 0.15) is 0 Å². The van der Waals surface area contributed by atoms with Crippen molar-refractivity contribution in [2.75, 3.05) is 6.61 Å². The maximum Gasteiger partial charge on any atom is 0.0431 e. The van der Waals surface area contributed by atoms with Gasteiger partial charge < -0.3 is 5.11 Å². The summed E-state index contributed by atoms with van der Waals surface area (Å²) in [7, 11) is 0. The molecule has 0 spiro atoms. The van der Waals surface area contributed by atoms with E-state index >= 15 is 0 Å². The Bertz CT molecular complexity index is 222. The number of rotatable bonds is 19. The van der Waals surface area contributed by atoms with Gasteiger partial charge >= 0.3 is 0 Å². The van der Waals surface area contributed by atoms with Gasteiger partial charge in [0.05, 0.1) is 0 Å². The molecule has 0 saturated heterocycles. The minimum Gasteiger partial charge on any atom is -0.396 e. The third-order valence-electron chi connectivity index (χ3n) is 4.67. The van der Waals surface area contributed by atoms with Crippen LogP contribution in [0.25, 0.3) is 0 Å². The van der Waals surface area contributed by atoms with Crippen molar-refractivity contribution in [3.8, 4) is 0 Å². The third kappa shape index (κ3) is 21.7. The summed E-state index contributed by atoms with van der Waals surface area (Å²) >= 11 is 0. The smallest absolute Gasteiger partial charge is 0.0431 e. The minimum absolute atomic E-state index is 0.368. The molecule has 1 heteroatoms. The van der Waals surface area contributed by atoms with Gasteiger partial charge in [0.2, 0.25) is 0 Å². The number of allylic oxidation sites excluding steroid dienone is 2. The molecule has 0 unspecified atom stereocenters. The lowest BCUT2D eigenvalue weighted by Gasteiger charge is -2.01. The van der Waals surface area contributed by atoms with Crippen LogP contribution in [0, 0.1) is 0 Å². The zero-order chi connectivity index (χ0) is 16.8. The Hall–Kier alpha value is -0.300. The molecular formula is C22H44O. The molecular weight excluding hydrogens is 280 g/mol. The summed E-state index contributed by atoms with van der Waals surface area (Å²) in [5.74, 6) is 0. The summed E-state index contributed by atoms with van der Waals surface area (Å²) in [5.41, 5.74) is 0. The molecule has 0 aromatic carbocycles. The van der Waals surface area contributed by atoms with E-state index in [4.69, 9.17) is 5.11 Å². The lowest BCUT2D eigenvalue weighted by molar-refractivity contribution is 0.282. The molecule has 0 amide bonds. The van der Waals surface area contributed by atoms with Crippen molar-refractivity contribution < 1.29 is 5.11 Å². The van der Waals surface area contributed by atoms with Crippen molar-refractivity contribution in [2.45, 2.75) is 122 Å². The molecule has 0 aromatic heterocycles. The van der Waals surface area contributed by atoms with E-state index in [0.717, 1.165) is 6.42 Å². The van der Waals surface area contributed by atoms with Gasteiger partial charge in [-0.15, -0.1) is 0 Å². The number of hydrogen-bond acceptors (Lipinski definition) is 1. The van der Waals surface area contributed by atoms with Crippen LogP contribution in [0.2, 0.25) is 0 Å². The number of unbranched alkanes of at least 4 members (excludes halogenated alkanes) is 16. The van der Waals surface area contributed by atoms with Gasteiger partial charge in [-0.05, 0) is 32.1 Å². The third-order valence-corrected chi connectivity index (χ3v) is 4.67. The molecule has 1 N–H and O–H groups in total. The highest BCUT2D eigenvalue weighted by Crippen LogP contribution is 2.12. The maximum atomic E-state index is 8.71. The van der Waals surface area contributed by atoms with Crippen molar-refractivity contribution in [3.63, 3.8) is 0 Å². The van der Waals surface area contributed by atoms with E-state index in [1.54, 1.807) is 0 Å². The monoisotopic (exact) mass is 324 g/mol. The summed E-state index contributed by atoms with van der Waals surface area (Å²) in [6.45, 7) is 2.65. The second-order valence-electron chi connectivity index (χ2n) is 7.08. The highest BCUT2D eigenvalue weighted by Gasteiger charge is 1.93. The van der Waals surface area contributed by atoms with Crippen LogP contribution in [-0.2, 0) is 0 Å². The van der Waals surface area contributed by atoms with Gasteiger partial charge in [0.25, 0.3) is 0 Å². The summed E-state index contributed by atoms with van der Waals surface area (Å²) in [6, 6.07) is 0. The molecule has 0 aliphatic rings. The molecule has 138 valence electrons. The maximum absolute atomic E-state index is 8.71. The predicted octanol–water partition coefficient (Wildman–Crippen LogP) is 7.58. The molecule has 0 fully saturated rings. The van der Waals surface area contributed by atoms with Crippen molar-refractivity contribution in [2.24, 2.45) is 0 Å². The van der Waals surface area contributed by atoms with Crippen molar-refractivity contribution in [1.82, 2.24) is 0 Å². The van der Waals surface area contributed by atoms with Gasteiger partial charge in [0.15, 0.2) is 0 Å². The molecule has 0 aliphatic heterocycles. The molecule has 0 rings (SSSR count). The Balaban J connectivity index is 3.02. The van der Waals surface area contributed by atoms with E-state index in [1.807, 2.05) is 0 Å². The minimum atomic E-state index is 0.368. The van der Waals surface area contributed by atoms with E-state index in [9.17, 15) is 0 Å². The van der Waals surface area contributed by atoms with E-state index < -0.39 is 0 Å². The highest BCUT2D eigenvalue weighted by molar-refractivity contribution is 4.81. The van der Waals surface area contributed by atoms with Gasteiger partial charge in [-0.1, -0.05) is 103 Å². The van der Waals surface area contributed by atoms with Crippen molar-refractivity contribution in [1.29, 1.82) is 0 Å². The molecule has 0 atom stereocenters. The Labute approximate surface area is 147 Å². The molecule has 0 aliphatic carbocycles. The van der Waals surface area contributed by atoms with Crippen LogP contribution in [0.1, 0.15) is 122 Å². The van der Waals surface area contributed by atoms with Gasteiger partial charge in [0, 0.05) is 6.61 Å². The largest absolute Gasteiger partial charge is 0.396 e. The second-order valence-corrected chi connectivity index (χ2v) is 7.08. The normalized spacial score (nSPS) is 11.6. The number of aliphatic hydroxyl groups is 1.